The van der Waals surface area contributed by atoms with Gasteiger partial charge in [0, 0.05) is 24.8 Å². The van der Waals surface area contributed by atoms with Crippen LogP contribution in [0, 0.1) is 5.92 Å². The van der Waals surface area contributed by atoms with E-state index in [-0.39, 0.29) is 6.10 Å². The van der Waals surface area contributed by atoms with Gasteiger partial charge in [0.05, 0.1) is 17.5 Å². The predicted octanol–water partition coefficient (Wildman–Crippen LogP) is 3.59. The molecule has 0 amide bonds. The van der Waals surface area contributed by atoms with Crippen molar-refractivity contribution in [3.8, 4) is 5.69 Å². The number of nitrogens with zero attached hydrogens (tertiary/aromatic N) is 3. The summed E-state index contributed by atoms with van der Waals surface area (Å²) in [5, 5.41) is 14.8. The van der Waals surface area contributed by atoms with E-state index >= 15 is 0 Å². The summed E-state index contributed by atoms with van der Waals surface area (Å²) in [6.07, 6.45) is 4.26. The van der Waals surface area contributed by atoms with E-state index < -0.39 is 0 Å². The van der Waals surface area contributed by atoms with Crippen LogP contribution >= 0.6 is 0 Å². The molecule has 0 aliphatic carbocycles. The van der Waals surface area contributed by atoms with E-state index in [2.05, 4.69) is 37.1 Å². The molecule has 1 saturated heterocycles. The van der Waals surface area contributed by atoms with Crippen molar-refractivity contribution in [3.05, 3.63) is 47.8 Å². The molecule has 0 saturated carbocycles. The molecule has 1 aromatic carbocycles. The Balaban J connectivity index is 1.80. The van der Waals surface area contributed by atoms with E-state index in [9.17, 15) is 5.11 Å². The highest BCUT2D eigenvalue weighted by Gasteiger charge is 2.25. The Morgan fingerprint density at radius 3 is 2.62 bits per heavy atom. The molecule has 1 aliphatic heterocycles. The average molecular weight is 327 g/mol. The van der Waals surface area contributed by atoms with Gasteiger partial charge in [0.2, 0.25) is 0 Å². The van der Waals surface area contributed by atoms with E-state index in [1.54, 1.807) is 0 Å². The first-order valence-corrected chi connectivity index (χ1v) is 9.09. The molecule has 4 nitrogen and oxygen atoms in total. The van der Waals surface area contributed by atoms with Gasteiger partial charge >= 0.3 is 0 Å². The fourth-order valence-corrected chi connectivity index (χ4v) is 3.61. The lowest BCUT2D eigenvalue weighted by atomic mass is 9.93. The lowest BCUT2D eigenvalue weighted by Crippen LogP contribution is -2.39. The zero-order chi connectivity index (χ0) is 17.1. The van der Waals surface area contributed by atoms with Crippen molar-refractivity contribution in [2.75, 3.05) is 13.1 Å². The summed E-state index contributed by atoms with van der Waals surface area (Å²) in [4.78, 5) is 2.47. The monoisotopic (exact) mass is 327 g/mol. The number of hydrogen-bond acceptors (Lipinski definition) is 3. The number of likely N-dealkylation sites (tertiary alicyclic amines) is 1. The fraction of sp³-hybridized carbons (Fsp3) is 0.550. The lowest BCUT2D eigenvalue weighted by Gasteiger charge is -2.34. The van der Waals surface area contributed by atoms with Crippen molar-refractivity contribution in [3.63, 3.8) is 0 Å². The summed E-state index contributed by atoms with van der Waals surface area (Å²) >= 11 is 0. The molecule has 0 radical (unpaired) electrons. The number of benzene rings is 1. The molecule has 1 aromatic heterocycles. The summed E-state index contributed by atoms with van der Waals surface area (Å²) in [5.74, 6) is 0.799. The molecule has 0 spiro atoms. The van der Waals surface area contributed by atoms with Gasteiger partial charge in [0.15, 0.2) is 0 Å². The van der Waals surface area contributed by atoms with Gasteiger partial charge < -0.3 is 5.11 Å². The molecule has 2 aromatic rings. The van der Waals surface area contributed by atoms with E-state index in [1.807, 2.05) is 29.8 Å². The maximum Gasteiger partial charge on any atom is 0.0699 e. The number of aliphatic hydroxyl groups is 1. The zero-order valence-electron chi connectivity index (χ0n) is 15.0. The third kappa shape index (κ3) is 3.87. The van der Waals surface area contributed by atoms with Gasteiger partial charge in [-0.05, 0) is 50.3 Å². The molecule has 24 heavy (non-hydrogen) atoms. The Morgan fingerprint density at radius 2 is 1.96 bits per heavy atom. The van der Waals surface area contributed by atoms with E-state index in [0.717, 1.165) is 31.7 Å². The van der Waals surface area contributed by atoms with Crippen LogP contribution in [0.1, 0.15) is 50.8 Å². The quantitative estimate of drug-likeness (QED) is 0.912. The van der Waals surface area contributed by atoms with Crippen molar-refractivity contribution < 1.29 is 5.11 Å². The molecule has 0 bridgehead atoms. The fourth-order valence-electron chi connectivity index (χ4n) is 3.61. The van der Waals surface area contributed by atoms with Gasteiger partial charge in [0.25, 0.3) is 0 Å². The van der Waals surface area contributed by atoms with Crippen LogP contribution in [0.2, 0.25) is 0 Å². The average Bonchev–Trinajstić information content (AvgIpc) is 3.00. The maximum atomic E-state index is 9.91. The number of rotatable bonds is 5. The van der Waals surface area contributed by atoms with Gasteiger partial charge in [-0.15, -0.1) is 0 Å². The largest absolute Gasteiger partial charge is 0.393 e. The molecule has 1 aliphatic rings. The number of aromatic nitrogens is 2. The minimum atomic E-state index is -0.218. The van der Waals surface area contributed by atoms with Crippen molar-refractivity contribution >= 4 is 0 Å². The summed E-state index contributed by atoms with van der Waals surface area (Å²) in [6, 6.07) is 10.3. The van der Waals surface area contributed by atoms with Crippen LogP contribution in [-0.4, -0.2) is 39.0 Å². The first-order valence-electron chi connectivity index (χ1n) is 9.09. The molecule has 2 heterocycles. The standard InChI is InChI=1S/C20H29N3O/c1-15(2)20-18(13-22-11-7-8-17(12-22)16(3)24)14-23(21-20)19-9-5-4-6-10-19/h4-6,9-10,14-17,24H,7-8,11-13H2,1-3H3/t16-,17+/m0/s1. The Labute approximate surface area is 145 Å². The van der Waals surface area contributed by atoms with Crippen LogP contribution in [0.15, 0.2) is 36.5 Å². The summed E-state index contributed by atoms with van der Waals surface area (Å²) < 4.78 is 2.00. The predicted molar refractivity (Wildman–Crippen MR) is 97.3 cm³/mol. The second-order valence-electron chi connectivity index (χ2n) is 7.35. The van der Waals surface area contributed by atoms with Gasteiger partial charge in [-0.25, -0.2) is 4.68 Å². The summed E-state index contributed by atoms with van der Waals surface area (Å²) in [5.41, 5.74) is 3.59. The van der Waals surface area contributed by atoms with E-state index in [0.29, 0.717) is 11.8 Å². The second kappa shape index (κ2) is 7.49. The topological polar surface area (TPSA) is 41.3 Å². The second-order valence-corrected chi connectivity index (χ2v) is 7.35. The van der Waals surface area contributed by atoms with Gasteiger partial charge in [-0.2, -0.15) is 5.10 Å². The van der Waals surface area contributed by atoms with Crippen molar-refractivity contribution in [2.24, 2.45) is 5.92 Å². The third-order valence-electron chi connectivity index (χ3n) is 5.01. The first-order chi connectivity index (χ1) is 11.5. The van der Waals surface area contributed by atoms with Crippen molar-refractivity contribution in [1.29, 1.82) is 0 Å². The highest BCUT2D eigenvalue weighted by Crippen LogP contribution is 2.25. The van der Waals surface area contributed by atoms with Crippen LogP contribution in [-0.2, 0) is 6.54 Å². The highest BCUT2D eigenvalue weighted by molar-refractivity contribution is 5.33. The third-order valence-corrected chi connectivity index (χ3v) is 5.01. The van der Waals surface area contributed by atoms with Crippen LogP contribution < -0.4 is 0 Å². The van der Waals surface area contributed by atoms with Gasteiger partial charge in [-0.1, -0.05) is 32.0 Å². The Bertz CT molecular complexity index is 648. The molecule has 1 N–H and O–H groups in total. The number of aliphatic hydroxyl groups excluding tert-OH is 1. The summed E-state index contributed by atoms with van der Waals surface area (Å²) in [6.45, 7) is 9.33. The van der Waals surface area contributed by atoms with E-state index in [4.69, 9.17) is 5.10 Å². The first kappa shape index (κ1) is 17.2. The molecular weight excluding hydrogens is 298 g/mol. The number of para-hydroxylation sites is 1. The molecule has 2 atom stereocenters. The number of hydrogen-bond donors (Lipinski definition) is 1. The molecule has 130 valence electrons. The Hall–Kier alpha value is -1.65. The molecular formula is C20H29N3O. The van der Waals surface area contributed by atoms with Crippen molar-refractivity contribution in [1.82, 2.24) is 14.7 Å². The maximum absolute atomic E-state index is 9.91. The van der Waals surface area contributed by atoms with Crippen molar-refractivity contribution in [2.45, 2.75) is 52.2 Å². The smallest absolute Gasteiger partial charge is 0.0699 e. The molecule has 0 unspecified atom stereocenters. The summed E-state index contributed by atoms with van der Waals surface area (Å²) in [7, 11) is 0. The minimum Gasteiger partial charge on any atom is -0.393 e. The van der Waals surface area contributed by atoms with Gasteiger partial charge in [0.1, 0.15) is 0 Å². The lowest BCUT2D eigenvalue weighted by molar-refractivity contribution is 0.0598. The molecule has 1 fully saturated rings. The van der Waals surface area contributed by atoms with Crippen LogP contribution in [0.5, 0.6) is 0 Å². The van der Waals surface area contributed by atoms with Crippen LogP contribution in [0.25, 0.3) is 5.69 Å². The Morgan fingerprint density at radius 1 is 1.21 bits per heavy atom. The molecule has 4 heteroatoms. The zero-order valence-corrected chi connectivity index (χ0v) is 15.0. The minimum absolute atomic E-state index is 0.218. The SMILES string of the molecule is CC(C)c1nn(-c2ccccc2)cc1CN1CCC[C@@H]([C@H](C)O)C1. The van der Waals surface area contributed by atoms with E-state index in [1.165, 1.54) is 17.7 Å². The molecule has 3 rings (SSSR count). The number of piperidine rings is 1. The Kier molecular flexibility index (Phi) is 5.36. The van der Waals surface area contributed by atoms with Crippen LogP contribution in [0.3, 0.4) is 0 Å². The van der Waals surface area contributed by atoms with Crippen LogP contribution in [0.4, 0.5) is 0 Å². The van der Waals surface area contributed by atoms with Gasteiger partial charge in [-0.3, -0.25) is 4.90 Å². The normalized spacial score (nSPS) is 20.5. The highest BCUT2D eigenvalue weighted by atomic mass is 16.3.